The molecule has 0 bridgehead atoms. The van der Waals surface area contributed by atoms with Gasteiger partial charge in [0.25, 0.3) is 0 Å². The molecule has 0 atom stereocenters. The third-order valence-electron chi connectivity index (χ3n) is 1.88. The first-order valence-corrected chi connectivity index (χ1v) is 5.78. The van der Waals surface area contributed by atoms with Crippen LogP contribution in [0.15, 0.2) is 28.7 Å². The summed E-state index contributed by atoms with van der Waals surface area (Å²) in [7, 11) is 0. The van der Waals surface area contributed by atoms with Gasteiger partial charge in [0.05, 0.1) is 0 Å². The maximum atomic E-state index is 11.2. The van der Waals surface area contributed by atoms with Crippen molar-refractivity contribution in [1.29, 1.82) is 0 Å². The normalized spacial score (nSPS) is 9.73. The zero-order valence-corrected chi connectivity index (χ0v) is 10.3. The van der Waals surface area contributed by atoms with Crippen molar-refractivity contribution in [2.75, 3.05) is 6.54 Å². The number of amides is 2. The predicted molar refractivity (Wildman–Crippen MR) is 64.7 cm³/mol. The van der Waals surface area contributed by atoms with Gasteiger partial charge in [-0.15, -0.1) is 0 Å². The Balaban J connectivity index is 2.33. The molecule has 2 amide bonds. The van der Waals surface area contributed by atoms with Crippen LogP contribution in [0.25, 0.3) is 0 Å². The van der Waals surface area contributed by atoms with Gasteiger partial charge in [-0.3, -0.25) is 0 Å². The monoisotopic (exact) mass is 270 g/mol. The number of hydrogen-bond donors (Lipinski definition) is 2. The van der Waals surface area contributed by atoms with E-state index in [-0.39, 0.29) is 6.03 Å². The second-order valence-electron chi connectivity index (χ2n) is 3.24. The average molecular weight is 271 g/mol. The van der Waals surface area contributed by atoms with E-state index in [2.05, 4.69) is 26.6 Å². The molecule has 0 spiro atoms. The zero-order valence-electron chi connectivity index (χ0n) is 8.72. The smallest absolute Gasteiger partial charge is 0.315 e. The van der Waals surface area contributed by atoms with Crippen LogP contribution in [0.1, 0.15) is 18.9 Å². The highest BCUT2D eigenvalue weighted by atomic mass is 79.9. The minimum atomic E-state index is -0.114. The van der Waals surface area contributed by atoms with E-state index in [0.717, 1.165) is 16.5 Å². The van der Waals surface area contributed by atoms with E-state index in [0.29, 0.717) is 13.1 Å². The summed E-state index contributed by atoms with van der Waals surface area (Å²) >= 11 is 3.38. The lowest BCUT2D eigenvalue weighted by atomic mass is 10.2. The molecule has 1 rings (SSSR count). The molecule has 0 heterocycles. The van der Waals surface area contributed by atoms with Gasteiger partial charge in [0, 0.05) is 17.6 Å². The van der Waals surface area contributed by atoms with Crippen LogP contribution in [0.5, 0.6) is 0 Å². The molecule has 0 saturated heterocycles. The molecule has 2 N–H and O–H groups in total. The van der Waals surface area contributed by atoms with Crippen LogP contribution in [0, 0.1) is 0 Å². The molecule has 15 heavy (non-hydrogen) atoms. The zero-order chi connectivity index (χ0) is 11.1. The van der Waals surface area contributed by atoms with E-state index in [1.807, 2.05) is 31.2 Å². The van der Waals surface area contributed by atoms with Gasteiger partial charge in [-0.25, -0.2) is 4.79 Å². The Morgan fingerprint density at radius 1 is 1.40 bits per heavy atom. The van der Waals surface area contributed by atoms with E-state index in [1.54, 1.807) is 0 Å². The molecular formula is C11H15BrN2O. The van der Waals surface area contributed by atoms with Gasteiger partial charge in [0.2, 0.25) is 0 Å². The van der Waals surface area contributed by atoms with Crippen molar-refractivity contribution >= 4 is 22.0 Å². The standard InChI is InChI=1S/C11H15BrN2O/c1-2-6-13-11(15)14-8-9-4-3-5-10(12)7-9/h3-5,7H,2,6,8H2,1H3,(H2,13,14,15). The Morgan fingerprint density at radius 3 is 2.87 bits per heavy atom. The van der Waals surface area contributed by atoms with Crippen LogP contribution in [0.3, 0.4) is 0 Å². The van der Waals surface area contributed by atoms with E-state index in [4.69, 9.17) is 0 Å². The van der Waals surface area contributed by atoms with Gasteiger partial charge in [0.15, 0.2) is 0 Å². The summed E-state index contributed by atoms with van der Waals surface area (Å²) in [5.74, 6) is 0. The first-order valence-electron chi connectivity index (χ1n) is 4.98. The Bertz CT molecular complexity index is 328. The lowest BCUT2D eigenvalue weighted by molar-refractivity contribution is 0.240. The van der Waals surface area contributed by atoms with E-state index >= 15 is 0 Å². The molecule has 4 heteroatoms. The van der Waals surface area contributed by atoms with Gasteiger partial charge in [-0.2, -0.15) is 0 Å². The third-order valence-corrected chi connectivity index (χ3v) is 2.37. The Labute approximate surface area is 98.4 Å². The summed E-state index contributed by atoms with van der Waals surface area (Å²) in [4.78, 5) is 11.2. The van der Waals surface area contributed by atoms with Crippen molar-refractivity contribution in [2.45, 2.75) is 19.9 Å². The van der Waals surface area contributed by atoms with Crippen LogP contribution < -0.4 is 10.6 Å². The van der Waals surface area contributed by atoms with E-state index in [9.17, 15) is 4.79 Å². The van der Waals surface area contributed by atoms with Gasteiger partial charge in [0.1, 0.15) is 0 Å². The highest BCUT2D eigenvalue weighted by Crippen LogP contribution is 2.11. The quantitative estimate of drug-likeness (QED) is 0.868. The topological polar surface area (TPSA) is 41.1 Å². The van der Waals surface area contributed by atoms with Crippen LogP contribution in [0.4, 0.5) is 4.79 Å². The number of carbonyl (C=O) groups is 1. The molecule has 1 aromatic carbocycles. The summed E-state index contributed by atoms with van der Waals surface area (Å²) in [5, 5.41) is 5.55. The van der Waals surface area contributed by atoms with E-state index in [1.165, 1.54) is 0 Å². The minimum absolute atomic E-state index is 0.114. The van der Waals surface area contributed by atoms with E-state index < -0.39 is 0 Å². The number of urea groups is 1. The molecule has 0 radical (unpaired) electrons. The van der Waals surface area contributed by atoms with Crippen molar-refractivity contribution in [1.82, 2.24) is 10.6 Å². The fourth-order valence-electron chi connectivity index (χ4n) is 1.13. The van der Waals surface area contributed by atoms with Crippen molar-refractivity contribution in [3.05, 3.63) is 34.3 Å². The molecule has 0 aliphatic rings. The number of hydrogen-bond acceptors (Lipinski definition) is 1. The fraction of sp³-hybridized carbons (Fsp3) is 0.364. The number of rotatable bonds is 4. The summed E-state index contributed by atoms with van der Waals surface area (Å²) in [6.07, 6.45) is 0.949. The molecule has 1 aromatic rings. The number of halogens is 1. The summed E-state index contributed by atoms with van der Waals surface area (Å²) in [6.45, 7) is 3.29. The summed E-state index contributed by atoms with van der Waals surface area (Å²) in [5.41, 5.74) is 1.08. The molecular weight excluding hydrogens is 256 g/mol. The lowest BCUT2D eigenvalue weighted by Gasteiger charge is -2.06. The lowest BCUT2D eigenvalue weighted by Crippen LogP contribution is -2.35. The molecule has 82 valence electrons. The number of benzene rings is 1. The molecule has 0 aliphatic heterocycles. The second kappa shape index (κ2) is 6.45. The maximum Gasteiger partial charge on any atom is 0.315 e. The second-order valence-corrected chi connectivity index (χ2v) is 4.16. The maximum absolute atomic E-state index is 11.2. The van der Waals surface area contributed by atoms with Crippen LogP contribution in [0.2, 0.25) is 0 Å². The Kier molecular flexibility index (Phi) is 5.18. The van der Waals surface area contributed by atoms with Gasteiger partial charge in [-0.05, 0) is 24.1 Å². The largest absolute Gasteiger partial charge is 0.338 e. The van der Waals surface area contributed by atoms with Gasteiger partial charge in [-0.1, -0.05) is 35.0 Å². The summed E-state index contributed by atoms with van der Waals surface area (Å²) < 4.78 is 1.02. The average Bonchev–Trinajstić information content (AvgIpc) is 2.23. The molecule has 0 unspecified atom stereocenters. The molecule has 0 saturated carbocycles. The summed E-state index contributed by atoms with van der Waals surface area (Å²) in [6, 6.07) is 7.76. The van der Waals surface area contributed by atoms with Crippen LogP contribution in [-0.2, 0) is 6.54 Å². The SMILES string of the molecule is CCCNC(=O)NCc1cccc(Br)c1. The fourth-order valence-corrected chi connectivity index (χ4v) is 1.58. The number of nitrogens with one attached hydrogen (secondary N) is 2. The molecule has 0 fully saturated rings. The van der Waals surface area contributed by atoms with Crippen molar-refractivity contribution in [2.24, 2.45) is 0 Å². The Morgan fingerprint density at radius 2 is 2.20 bits per heavy atom. The van der Waals surface area contributed by atoms with Crippen LogP contribution in [-0.4, -0.2) is 12.6 Å². The first-order chi connectivity index (χ1) is 7.22. The van der Waals surface area contributed by atoms with Crippen molar-refractivity contribution in [3.8, 4) is 0 Å². The third kappa shape index (κ3) is 4.83. The molecule has 0 aromatic heterocycles. The highest BCUT2D eigenvalue weighted by Gasteiger charge is 1.98. The van der Waals surface area contributed by atoms with Gasteiger partial charge < -0.3 is 10.6 Å². The van der Waals surface area contributed by atoms with Crippen LogP contribution >= 0.6 is 15.9 Å². The number of carbonyl (C=O) groups excluding carboxylic acids is 1. The minimum Gasteiger partial charge on any atom is -0.338 e. The molecule has 0 aliphatic carbocycles. The highest BCUT2D eigenvalue weighted by molar-refractivity contribution is 9.10. The van der Waals surface area contributed by atoms with Crippen molar-refractivity contribution in [3.63, 3.8) is 0 Å². The predicted octanol–water partition coefficient (Wildman–Crippen LogP) is 2.66. The van der Waals surface area contributed by atoms with Gasteiger partial charge >= 0.3 is 6.03 Å². The van der Waals surface area contributed by atoms with Crippen molar-refractivity contribution < 1.29 is 4.79 Å². The Hall–Kier alpha value is -1.03. The molecule has 3 nitrogen and oxygen atoms in total. The first kappa shape index (κ1) is 12.0.